The fraction of sp³-hybridized carbons (Fsp3) is 0.562. The lowest BCUT2D eigenvalue weighted by atomic mass is 10.00. The molecule has 0 atom stereocenters. The summed E-state index contributed by atoms with van der Waals surface area (Å²) in [4.78, 5) is 11.7. The van der Waals surface area contributed by atoms with Crippen molar-refractivity contribution in [1.29, 1.82) is 0 Å². The van der Waals surface area contributed by atoms with Gasteiger partial charge in [-0.2, -0.15) is 0 Å². The molecule has 0 fully saturated rings. The first-order valence-corrected chi connectivity index (χ1v) is 6.87. The number of rotatable bonds is 6. The molecule has 106 valence electrons. The summed E-state index contributed by atoms with van der Waals surface area (Å²) in [5.74, 6) is 1.76. The van der Waals surface area contributed by atoms with Crippen LogP contribution in [0.1, 0.15) is 51.2 Å². The average Bonchev–Trinajstić information content (AvgIpc) is 2.35. The number of hydrogen-bond donors (Lipinski definition) is 1. The molecule has 0 spiro atoms. The van der Waals surface area contributed by atoms with E-state index in [1.54, 1.807) is 7.11 Å². The largest absolute Gasteiger partial charge is 0.496 e. The highest BCUT2D eigenvalue weighted by Crippen LogP contribution is 2.24. The smallest absolute Gasteiger partial charge is 0.220 e. The summed E-state index contributed by atoms with van der Waals surface area (Å²) in [5, 5.41) is 2.95. The highest BCUT2D eigenvalue weighted by atomic mass is 16.5. The van der Waals surface area contributed by atoms with Gasteiger partial charge in [0.1, 0.15) is 5.75 Å². The lowest BCUT2D eigenvalue weighted by molar-refractivity contribution is -0.121. The van der Waals surface area contributed by atoms with Crippen LogP contribution in [0.2, 0.25) is 0 Å². The Morgan fingerprint density at radius 2 is 1.95 bits per heavy atom. The number of amides is 1. The molecule has 0 aliphatic heterocycles. The van der Waals surface area contributed by atoms with E-state index in [1.165, 1.54) is 5.56 Å². The summed E-state index contributed by atoms with van der Waals surface area (Å²) in [7, 11) is 1.66. The maximum atomic E-state index is 11.7. The Morgan fingerprint density at radius 1 is 1.26 bits per heavy atom. The standard InChI is InChI=1S/C16H25NO2/c1-11(2)8-16(18)17-10-14-9-13(12(3)4)6-7-15(14)19-5/h6-7,9,11-12H,8,10H2,1-5H3,(H,17,18). The van der Waals surface area contributed by atoms with Crippen LogP contribution in [0.5, 0.6) is 5.75 Å². The van der Waals surface area contributed by atoms with Gasteiger partial charge in [-0.1, -0.05) is 39.8 Å². The van der Waals surface area contributed by atoms with Gasteiger partial charge < -0.3 is 10.1 Å². The van der Waals surface area contributed by atoms with Crippen molar-refractivity contribution in [3.63, 3.8) is 0 Å². The number of ether oxygens (including phenoxy) is 1. The van der Waals surface area contributed by atoms with Gasteiger partial charge in [0.2, 0.25) is 5.91 Å². The maximum absolute atomic E-state index is 11.7. The number of methoxy groups -OCH3 is 1. The summed E-state index contributed by atoms with van der Waals surface area (Å²) in [6.45, 7) is 8.92. The van der Waals surface area contributed by atoms with E-state index in [4.69, 9.17) is 4.74 Å². The van der Waals surface area contributed by atoms with Crippen LogP contribution in [0.4, 0.5) is 0 Å². The van der Waals surface area contributed by atoms with E-state index in [0.717, 1.165) is 11.3 Å². The summed E-state index contributed by atoms with van der Waals surface area (Å²) in [5.41, 5.74) is 2.29. The SMILES string of the molecule is COc1ccc(C(C)C)cc1CNC(=O)CC(C)C. The van der Waals surface area contributed by atoms with Gasteiger partial charge >= 0.3 is 0 Å². The van der Waals surface area contributed by atoms with Crippen molar-refractivity contribution in [2.24, 2.45) is 5.92 Å². The van der Waals surface area contributed by atoms with Crippen molar-refractivity contribution in [2.75, 3.05) is 7.11 Å². The first kappa shape index (κ1) is 15.5. The van der Waals surface area contributed by atoms with Gasteiger partial charge in [0, 0.05) is 18.5 Å². The van der Waals surface area contributed by atoms with E-state index < -0.39 is 0 Å². The Morgan fingerprint density at radius 3 is 2.47 bits per heavy atom. The second-order valence-corrected chi connectivity index (χ2v) is 5.60. The predicted octanol–water partition coefficient (Wildman–Crippen LogP) is 3.48. The maximum Gasteiger partial charge on any atom is 0.220 e. The van der Waals surface area contributed by atoms with E-state index in [-0.39, 0.29) is 5.91 Å². The number of benzene rings is 1. The number of nitrogens with one attached hydrogen (secondary N) is 1. The number of carbonyl (C=O) groups excluding carboxylic acids is 1. The van der Waals surface area contributed by atoms with Gasteiger partial charge in [-0.25, -0.2) is 0 Å². The van der Waals surface area contributed by atoms with Crippen LogP contribution in [0.3, 0.4) is 0 Å². The zero-order chi connectivity index (χ0) is 14.4. The number of carbonyl (C=O) groups is 1. The molecule has 0 aliphatic carbocycles. The molecule has 3 heteroatoms. The molecule has 0 unspecified atom stereocenters. The monoisotopic (exact) mass is 263 g/mol. The first-order valence-electron chi connectivity index (χ1n) is 6.87. The lowest BCUT2D eigenvalue weighted by Gasteiger charge is -2.14. The Hall–Kier alpha value is -1.51. The normalized spacial score (nSPS) is 10.9. The molecule has 1 aromatic carbocycles. The minimum absolute atomic E-state index is 0.0898. The Kier molecular flexibility index (Phi) is 5.87. The van der Waals surface area contributed by atoms with Crippen molar-refractivity contribution >= 4 is 5.91 Å². The van der Waals surface area contributed by atoms with Gasteiger partial charge in [-0.15, -0.1) is 0 Å². The van der Waals surface area contributed by atoms with Gasteiger partial charge in [0.05, 0.1) is 7.11 Å². The van der Waals surface area contributed by atoms with Crippen LogP contribution in [-0.2, 0) is 11.3 Å². The second-order valence-electron chi connectivity index (χ2n) is 5.60. The Labute approximate surface area is 116 Å². The highest BCUT2D eigenvalue weighted by Gasteiger charge is 2.09. The van der Waals surface area contributed by atoms with Crippen molar-refractivity contribution < 1.29 is 9.53 Å². The summed E-state index contributed by atoms with van der Waals surface area (Å²) in [6.07, 6.45) is 0.562. The van der Waals surface area contributed by atoms with Crippen LogP contribution in [0, 0.1) is 5.92 Å². The summed E-state index contributed by atoms with van der Waals surface area (Å²) in [6, 6.07) is 6.15. The summed E-state index contributed by atoms with van der Waals surface area (Å²) >= 11 is 0. The third-order valence-corrected chi connectivity index (χ3v) is 3.04. The van der Waals surface area contributed by atoms with Crippen LogP contribution in [-0.4, -0.2) is 13.0 Å². The third kappa shape index (κ3) is 4.93. The molecular weight excluding hydrogens is 238 g/mol. The highest BCUT2D eigenvalue weighted by molar-refractivity contribution is 5.76. The molecule has 1 rings (SSSR count). The first-order chi connectivity index (χ1) is 8.93. The predicted molar refractivity (Wildman–Crippen MR) is 78.4 cm³/mol. The molecular formula is C16H25NO2. The zero-order valence-electron chi connectivity index (χ0n) is 12.6. The third-order valence-electron chi connectivity index (χ3n) is 3.04. The molecule has 1 N–H and O–H groups in total. The average molecular weight is 263 g/mol. The van der Waals surface area contributed by atoms with Gasteiger partial charge in [0.15, 0.2) is 0 Å². The van der Waals surface area contributed by atoms with E-state index in [2.05, 4.69) is 31.3 Å². The van der Waals surface area contributed by atoms with Crippen molar-refractivity contribution in [3.05, 3.63) is 29.3 Å². The van der Waals surface area contributed by atoms with Crippen LogP contribution < -0.4 is 10.1 Å². The van der Waals surface area contributed by atoms with E-state index >= 15 is 0 Å². The number of hydrogen-bond acceptors (Lipinski definition) is 2. The zero-order valence-corrected chi connectivity index (χ0v) is 12.6. The van der Waals surface area contributed by atoms with Crippen LogP contribution >= 0.6 is 0 Å². The molecule has 0 saturated carbocycles. The van der Waals surface area contributed by atoms with Gasteiger partial charge in [-0.3, -0.25) is 4.79 Å². The van der Waals surface area contributed by atoms with Gasteiger partial charge in [0.25, 0.3) is 0 Å². The van der Waals surface area contributed by atoms with E-state index in [9.17, 15) is 4.79 Å². The quantitative estimate of drug-likeness (QED) is 0.853. The van der Waals surface area contributed by atoms with E-state index in [1.807, 2.05) is 19.9 Å². The molecule has 0 radical (unpaired) electrons. The van der Waals surface area contributed by atoms with Crippen molar-refractivity contribution in [3.8, 4) is 5.75 Å². The molecule has 0 saturated heterocycles. The molecule has 1 aromatic rings. The molecule has 19 heavy (non-hydrogen) atoms. The minimum atomic E-state index is 0.0898. The topological polar surface area (TPSA) is 38.3 Å². The second kappa shape index (κ2) is 7.17. The summed E-state index contributed by atoms with van der Waals surface area (Å²) < 4.78 is 5.34. The molecule has 3 nitrogen and oxygen atoms in total. The molecule has 0 aliphatic rings. The molecule has 0 aromatic heterocycles. The fourth-order valence-corrected chi connectivity index (χ4v) is 1.93. The van der Waals surface area contributed by atoms with Gasteiger partial charge in [-0.05, 0) is 23.5 Å². The van der Waals surface area contributed by atoms with Crippen LogP contribution in [0.15, 0.2) is 18.2 Å². The molecule has 0 heterocycles. The molecule has 0 bridgehead atoms. The van der Waals surface area contributed by atoms with Crippen molar-refractivity contribution in [1.82, 2.24) is 5.32 Å². The molecule has 1 amide bonds. The van der Waals surface area contributed by atoms with E-state index in [0.29, 0.717) is 24.8 Å². The Bertz CT molecular complexity index is 425. The fourth-order valence-electron chi connectivity index (χ4n) is 1.93. The minimum Gasteiger partial charge on any atom is -0.496 e. The Balaban J connectivity index is 2.75. The van der Waals surface area contributed by atoms with Crippen molar-refractivity contribution in [2.45, 2.75) is 46.6 Å². The lowest BCUT2D eigenvalue weighted by Crippen LogP contribution is -2.24. The van der Waals surface area contributed by atoms with Crippen LogP contribution in [0.25, 0.3) is 0 Å².